The fourth-order valence-electron chi connectivity index (χ4n) is 3.71. The molecular weight excluding hydrogens is 468 g/mol. The van der Waals surface area contributed by atoms with E-state index in [0.717, 1.165) is 35.7 Å². The van der Waals surface area contributed by atoms with E-state index in [1.807, 2.05) is 31.2 Å². The predicted octanol–water partition coefficient (Wildman–Crippen LogP) is 4.56. The summed E-state index contributed by atoms with van der Waals surface area (Å²) in [4.78, 5) is 12.9. The lowest BCUT2D eigenvalue weighted by Gasteiger charge is -2.19. The van der Waals surface area contributed by atoms with Crippen LogP contribution >= 0.6 is 15.9 Å². The second kappa shape index (κ2) is 9.94. The Morgan fingerprint density at radius 3 is 2.43 bits per heavy atom. The highest BCUT2D eigenvalue weighted by Gasteiger charge is 2.27. The van der Waals surface area contributed by atoms with Gasteiger partial charge in [-0.15, -0.1) is 0 Å². The van der Waals surface area contributed by atoms with Gasteiger partial charge >= 0.3 is 0 Å². The number of ether oxygens (including phenoxy) is 1. The largest absolute Gasteiger partial charge is 0.495 e. The fourth-order valence-corrected chi connectivity index (χ4v) is 5.48. The minimum atomic E-state index is -3.79. The van der Waals surface area contributed by atoms with Crippen LogP contribution in [-0.4, -0.2) is 27.5 Å². The Morgan fingerprint density at radius 2 is 1.83 bits per heavy atom. The zero-order valence-corrected chi connectivity index (χ0v) is 19.6. The van der Waals surface area contributed by atoms with E-state index >= 15 is 0 Å². The van der Waals surface area contributed by atoms with Crippen molar-refractivity contribution in [2.45, 2.75) is 56.0 Å². The van der Waals surface area contributed by atoms with Crippen LogP contribution in [0.5, 0.6) is 5.75 Å². The van der Waals surface area contributed by atoms with Gasteiger partial charge in [-0.25, -0.2) is 13.1 Å². The van der Waals surface area contributed by atoms with Crippen molar-refractivity contribution in [2.24, 2.45) is 0 Å². The number of hydrogen-bond acceptors (Lipinski definition) is 4. The summed E-state index contributed by atoms with van der Waals surface area (Å²) in [7, 11) is -2.37. The van der Waals surface area contributed by atoms with E-state index in [1.165, 1.54) is 19.2 Å². The van der Waals surface area contributed by atoms with Crippen LogP contribution in [0.4, 0.5) is 0 Å². The molecule has 2 aromatic carbocycles. The molecule has 162 valence electrons. The Hall–Kier alpha value is -1.90. The molecule has 2 N–H and O–H groups in total. The molecule has 0 heterocycles. The molecule has 1 amide bonds. The third kappa shape index (κ3) is 5.42. The lowest BCUT2D eigenvalue weighted by Crippen LogP contribution is -2.33. The number of rotatable bonds is 8. The zero-order valence-electron chi connectivity index (χ0n) is 17.2. The molecule has 1 atom stereocenters. The fraction of sp³-hybridized carbons (Fsp3) is 0.409. The Kier molecular flexibility index (Phi) is 7.55. The number of benzene rings is 2. The van der Waals surface area contributed by atoms with Crippen molar-refractivity contribution in [2.75, 3.05) is 7.11 Å². The summed E-state index contributed by atoms with van der Waals surface area (Å²) in [5.41, 5.74) is 1.26. The molecule has 2 aromatic rings. The van der Waals surface area contributed by atoms with Gasteiger partial charge in [-0.05, 0) is 55.2 Å². The monoisotopic (exact) mass is 494 g/mol. The molecule has 0 bridgehead atoms. The van der Waals surface area contributed by atoms with E-state index in [9.17, 15) is 13.2 Å². The lowest BCUT2D eigenvalue weighted by atomic mass is 10.0. The van der Waals surface area contributed by atoms with Gasteiger partial charge in [0.1, 0.15) is 10.6 Å². The molecule has 30 heavy (non-hydrogen) atoms. The number of carbonyl (C=O) groups excluding carboxylic acids is 1. The number of hydrogen-bond donors (Lipinski definition) is 2. The Balaban J connectivity index is 1.84. The second-order valence-electron chi connectivity index (χ2n) is 7.45. The Morgan fingerprint density at radius 1 is 1.17 bits per heavy atom. The number of amides is 1. The van der Waals surface area contributed by atoms with Crippen LogP contribution < -0.4 is 14.8 Å². The van der Waals surface area contributed by atoms with Crippen LogP contribution in [-0.2, 0) is 10.0 Å². The van der Waals surface area contributed by atoms with Gasteiger partial charge in [-0.2, -0.15) is 0 Å². The normalized spacial score (nSPS) is 15.7. The highest BCUT2D eigenvalue weighted by atomic mass is 79.9. The molecule has 0 aromatic heterocycles. The van der Waals surface area contributed by atoms with Crippen molar-refractivity contribution in [3.63, 3.8) is 0 Å². The first-order valence-corrected chi connectivity index (χ1v) is 12.4. The molecule has 3 rings (SSSR count). The average molecular weight is 495 g/mol. The molecule has 0 spiro atoms. The molecular formula is C22H27BrN2O4S. The maximum absolute atomic E-state index is 12.9. The number of sulfonamides is 1. The van der Waals surface area contributed by atoms with Gasteiger partial charge in [-0.1, -0.05) is 47.8 Å². The molecule has 1 saturated carbocycles. The van der Waals surface area contributed by atoms with E-state index in [2.05, 4.69) is 26.0 Å². The molecule has 8 heteroatoms. The zero-order chi connectivity index (χ0) is 21.7. The van der Waals surface area contributed by atoms with Crippen LogP contribution in [0.15, 0.2) is 51.8 Å². The van der Waals surface area contributed by atoms with Crippen LogP contribution in [0.3, 0.4) is 0 Å². The molecule has 0 aliphatic heterocycles. The molecule has 6 nitrogen and oxygen atoms in total. The quantitative estimate of drug-likeness (QED) is 0.563. The van der Waals surface area contributed by atoms with E-state index in [0.29, 0.717) is 6.42 Å². The maximum Gasteiger partial charge on any atom is 0.251 e. The minimum absolute atomic E-state index is 0.0127. The Labute approximate surface area is 186 Å². The van der Waals surface area contributed by atoms with Gasteiger partial charge in [-0.3, -0.25) is 4.79 Å². The smallest absolute Gasteiger partial charge is 0.251 e. The number of nitrogens with one attached hydrogen (secondary N) is 2. The number of methoxy groups -OCH3 is 1. The van der Waals surface area contributed by atoms with Crippen molar-refractivity contribution in [1.82, 2.24) is 10.0 Å². The third-order valence-corrected chi connectivity index (χ3v) is 7.45. The summed E-state index contributed by atoms with van der Waals surface area (Å²) in [6, 6.07) is 12.0. The highest BCUT2D eigenvalue weighted by molar-refractivity contribution is 9.10. The van der Waals surface area contributed by atoms with E-state index in [1.54, 1.807) is 6.07 Å². The molecule has 1 fully saturated rings. The first-order chi connectivity index (χ1) is 14.3. The van der Waals surface area contributed by atoms with Gasteiger partial charge in [0.15, 0.2) is 0 Å². The topological polar surface area (TPSA) is 84.5 Å². The minimum Gasteiger partial charge on any atom is -0.495 e. The maximum atomic E-state index is 12.9. The summed E-state index contributed by atoms with van der Waals surface area (Å²) in [5, 5.41) is 3.00. The van der Waals surface area contributed by atoms with Crippen molar-refractivity contribution < 1.29 is 17.9 Å². The summed E-state index contributed by atoms with van der Waals surface area (Å²) in [6.07, 6.45) is 4.39. The van der Waals surface area contributed by atoms with Gasteiger partial charge in [0.25, 0.3) is 5.91 Å². The molecule has 0 saturated heterocycles. The summed E-state index contributed by atoms with van der Waals surface area (Å²) in [5.74, 6) is -0.110. The van der Waals surface area contributed by atoms with E-state index in [-0.39, 0.29) is 34.2 Å². The average Bonchev–Trinajstić information content (AvgIpc) is 3.24. The predicted molar refractivity (Wildman–Crippen MR) is 120 cm³/mol. The first-order valence-electron chi connectivity index (χ1n) is 10.1. The van der Waals surface area contributed by atoms with Crippen LogP contribution in [0.2, 0.25) is 0 Å². The Bertz CT molecular complexity index is 987. The summed E-state index contributed by atoms with van der Waals surface area (Å²) in [6.45, 7) is 1.99. The van der Waals surface area contributed by atoms with Gasteiger partial charge in [0, 0.05) is 16.1 Å². The molecule has 1 aliphatic carbocycles. The molecule has 1 aliphatic rings. The van der Waals surface area contributed by atoms with Crippen molar-refractivity contribution in [3.8, 4) is 5.75 Å². The van der Waals surface area contributed by atoms with Crippen molar-refractivity contribution >= 4 is 31.9 Å². The van der Waals surface area contributed by atoms with Gasteiger partial charge < -0.3 is 10.1 Å². The SMILES string of the molecule is CCC(NC(=O)c1ccc(OC)c(S(=O)(=O)NC2CCCC2)c1)c1ccc(Br)cc1. The number of carbonyl (C=O) groups is 1. The van der Waals surface area contributed by atoms with Gasteiger partial charge in [0.05, 0.1) is 13.2 Å². The van der Waals surface area contributed by atoms with Crippen LogP contribution in [0.25, 0.3) is 0 Å². The van der Waals surface area contributed by atoms with E-state index in [4.69, 9.17) is 4.74 Å². The summed E-state index contributed by atoms with van der Waals surface area (Å²) < 4.78 is 34.9. The third-order valence-electron chi connectivity index (χ3n) is 5.38. The first kappa shape index (κ1) is 22.8. The van der Waals surface area contributed by atoms with E-state index < -0.39 is 10.0 Å². The number of halogens is 1. The summed E-state index contributed by atoms with van der Waals surface area (Å²) >= 11 is 3.41. The van der Waals surface area contributed by atoms with Crippen molar-refractivity contribution in [3.05, 3.63) is 58.1 Å². The van der Waals surface area contributed by atoms with Crippen LogP contribution in [0.1, 0.15) is 61.0 Å². The molecule has 0 radical (unpaired) electrons. The lowest BCUT2D eigenvalue weighted by molar-refractivity contribution is 0.0935. The second-order valence-corrected chi connectivity index (χ2v) is 10.1. The molecule has 1 unspecified atom stereocenters. The highest BCUT2D eigenvalue weighted by Crippen LogP contribution is 2.28. The van der Waals surface area contributed by atoms with Gasteiger partial charge in [0.2, 0.25) is 10.0 Å². The van der Waals surface area contributed by atoms with Crippen LogP contribution in [0, 0.1) is 0 Å². The standard InChI is InChI=1S/C22H27BrN2O4S/c1-3-19(15-8-11-17(23)12-9-15)24-22(26)16-10-13-20(29-2)21(14-16)30(27,28)25-18-6-4-5-7-18/h8-14,18-19,25H,3-7H2,1-2H3,(H,24,26). The van der Waals surface area contributed by atoms with Crippen molar-refractivity contribution in [1.29, 1.82) is 0 Å².